The van der Waals surface area contributed by atoms with Crippen LogP contribution < -0.4 is 5.32 Å². The fourth-order valence-corrected chi connectivity index (χ4v) is 2.21. The number of furan rings is 1. The van der Waals surface area contributed by atoms with Gasteiger partial charge in [0.25, 0.3) is 0 Å². The number of aliphatic hydroxyl groups excluding tert-OH is 1. The first-order valence-corrected chi connectivity index (χ1v) is 5.90. The van der Waals surface area contributed by atoms with Crippen molar-refractivity contribution in [2.45, 2.75) is 25.0 Å². The van der Waals surface area contributed by atoms with Crippen molar-refractivity contribution >= 4 is 0 Å². The molecule has 1 aromatic rings. The predicted octanol–water partition coefficient (Wildman–Crippen LogP) is 0.997. The van der Waals surface area contributed by atoms with E-state index in [2.05, 4.69) is 17.3 Å². The van der Waals surface area contributed by atoms with E-state index in [1.54, 1.807) is 18.4 Å². The number of likely N-dealkylation sites (N-methyl/N-ethyl adjacent to an activating group) is 1. The van der Waals surface area contributed by atoms with Crippen LogP contribution in [0.1, 0.15) is 24.7 Å². The highest BCUT2D eigenvalue weighted by Crippen LogP contribution is 2.15. The predicted molar refractivity (Wildman–Crippen MR) is 62.2 cm³/mol. The van der Waals surface area contributed by atoms with E-state index in [0.717, 1.165) is 6.54 Å². The molecule has 0 spiro atoms. The molecule has 0 aliphatic carbocycles. The SMILES string of the molecule is CN1CCCC1CNCC(O)c1ccco1. The number of nitrogens with one attached hydrogen (secondary N) is 1. The van der Waals surface area contributed by atoms with E-state index in [4.69, 9.17) is 4.42 Å². The molecule has 4 nitrogen and oxygen atoms in total. The van der Waals surface area contributed by atoms with Crippen LogP contribution in [0.15, 0.2) is 22.8 Å². The summed E-state index contributed by atoms with van der Waals surface area (Å²) in [5, 5.41) is 13.1. The lowest BCUT2D eigenvalue weighted by molar-refractivity contribution is 0.144. The third-order valence-electron chi connectivity index (χ3n) is 3.26. The monoisotopic (exact) mass is 224 g/mol. The zero-order valence-corrected chi connectivity index (χ0v) is 9.72. The topological polar surface area (TPSA) is 48.6 Å². The van der Waals surface area contributed by atoms with E-state index >= 15 is 0 Å². The van der Waals surface area contributed by atoms with Crippen LogP contribution in [0.4, 0.5) is 0 Å². The molecule has 0 bridgehead atoms. The molecule has 0 amide bonds. The summed E-state index contributed by atoms with van der Waals surface area (Å²) >= 11 is 0. The van der Waals surface area contributed by atoms with Crippen LogP contribution in [0.5, 0.6) is 0 Å². The molecule has 2 atom stereocenters. The Morgan fingerprint density at radius 3 is 3.19 bits per heavy atom. The molecule has 2 heterocycles. The van der Waals surface area contributed by atoms with Crippen LogP contribution in [0, 0.1) is 0 Å². The Balaban J connectivity index is 1.68. The summed E-state index contributed by atoms with van der Waals surface area (Å²) in [6.45, 7) is 2.68. The van der Waals surface area contributed by atoms with E-state index in [1.807, 2.05) is 0 Å². The van der Waals surface area contributed by atoms with Crippen molar-refractivity contribution in [1.82, 2.24) is 10.2 Å². The molecule has 2 unspecified atom stereocenters. The number of likely N-dealkylation sites (tertiary alicyclic amines) is 1. The molecule has 1 aromatic heterocycles. The molecule has 2 rings (SSSR count). The van der Waals surface area contributed by atoms with Gasteiger partial charge in [-0.2, -0.15) is 0 Å². The second kappa shape index (κ2) is 5.48. The Labute approximate surface area is 96.2 Å². The van der Waals surface area contributed by atoms with Gasteiger partial charge < -0.3 is 19.7 Å². The molecule has 1 saturated heterocycles. The number of aliphatic hydroxyl groups is 1. The Morgan fingerprint density at radius 2 is 2.56 bits per heavy atom. The summed E-state index contributed by atoms with van der Waals surface area (Å²) in [7, 11) is 2.16. The first-order valence-electron chi connectivity index (χ1n) is 5.90. The zero-order valence-electron chi connectivity index (χ0n) is 9.72. The van der Waals surface area contributed by atoms with Crippen LogP contribution >= 0.6 is 0 Å². The third kappa shape index (κ3) is 2.84. The smallest absolute Gasteiger partial charge is 0.133 e. The minimum Gasteiger partial charge on any atom is -0.467 e. The normalized spacial score (nSPS) is 23.8. The lowest BCUT2D eigenvalue weighted by atomic mass is 10.2. The summed E-state index contributed by atoms with van der Waals surface area (Å²) in [6, 6.07) is 4.21. The minimum absolute atomic E-state index is 0.540. The van der Waals surface area contributed by atoms with E-state index in [1.165, 1.54) is 19.4 Å². The van der Waals surface area contributed by atoms with Crippen LogP contribution in [-0.4, -0.2) is 42.7 Å². The Kier molecular flexibility index (Phi) is 3.98. The Hall–Kier alpha value is -0.840. The first-order chi connectivity index (χ1) is 7.77. The van der Waals surface area contributed by atoms with Gasteiger partial charge in [-0.3, -0.25) is 0 Å². The third-order valence-corrected chi connectivity index (χ3v) is 3.26. The summed E-state index contributed by atoms with van der Waals surface area (Å²) in [4.78, 5) is 2.37. The standard InChI is InChI=1S/C12H20N2O2/c1-14-6-2-4-10(14)8-13-9-11(15)12-5-3-7-16-12/h3,5,7,10-11,13,15H,2,4,6,8-9H2,1H3. The van der Waals surface area contributed by atoms with Crippen molar-refractivity contribution in [3.05, 3.63) is 24.2 Å². The van der Waals surface area contributed by atoms with E-state index in [9.17, 15) is 5.11 Å². The van der Waals surface area contributed by atoms with Crippen molar-refractivity contribution in [1.29, 1.82) is 0 Å². The highest BCUT2D eigenvalue weighted by atomic mass is 16.4. The molecular weight excluding hydrogens is 204 g/mol. The second-order valence-corrected chi connectivity index (χ2v) is 4.47. The minimum atomic E-state index is -0.540. The molecule has 1 aliphatic rings. The number of hydrogen-bond donors (Lipinski definition) is 2. The molecule has 16 heavy (non-hydrogen) atoms. The molecule has 1 fully saturated rings. The number of nitrogens with zero attached hydrogens (tertiary/aromatic N) is 1. The van der Waals surface area contributed by atoms with Gasteiger partial charge in [-0.05, 0) is 38.6 Å². The fourth-order valence-electron chi connectivity index (χ4n) is 2.21. The molecule has 0 radical (unpaired) electrons. The number of rotatable bonds is 5. The van der Waals surface area contributed by atoms with Crippen molar-refractivity contribution in [2.24, 2.45) is 0 Å². The van der Waals surface area contributed by atoms with Gasteiger partial charge in [-0.15, -0.1) is 0 Å². The first kappa shape index (κ1) is 11.6. The largest absolute Gasteiger partial charge is 0.467 e. The highest BCUT2D eigenvalue weighted by molar-refractivity contribution is 5.02. The fraction of sp³-hybridized carbons (Fsp3) is 0.667. The Morgan fingerprint density at radius 1 is 1.69 bits per heavy atom. The van der Waals surface area contributed by atoms with Gasteiger partial charge in [-0.1, -0.05) is 0 Å². The van der Waals surface area contributed by atoms with Gasteiger partial charge in [0.15, 0.2) is 0 Å². The maximum Gasteiger partial charge on any atom is 0.133 e. The molecule has 90 valence electrons. The average Bonchev–Trinajstić information content (AvgIpc) is 2.90. The van der Waals surface area contributed by atoms with E-state index in [0.29, 0.717) is 18.3 Å². The summed E-state index contributed by atoms with van der Waals surface area (Å²) in [5.41, 5.74) is 0. The van der Waals surface area contributed by atoms with Gasteiger partial charge in [0, 0.05) is 19.1 Å². The highest BCUT2D eigenvalue weighted by Gasteiger charge is 2.20. The Bertz CT molecular complexity index is 300. The van der Waals surface area contributed by atoms with Gasteiger partial charge in [0.2, 0.25) is 0 Å². The van der Waals surface area contributed by atoms with Crippen molar-refractivity contribution < 1.29 is 9.52 Å². The van der Waals surface area contributed by atoms with Crippen LogP contribution in [0.3, 0.4) is 0 Å². The van der Waals surface area contributed by atoms with Crippen LogP contribution in [0.2, 0.25) is 0 Å². The second-order valence-electron chi connectivity index (χ2n) is 4.47. The molecule has 0 aromatic carbocycles. The molecule has 2 N–H and O–H groups in total. The molecule has 1 aliphatic heterocycles. The molecule has 4 heteroatoms. The maximum absolute atomic E-state index is 9.78. The van der Waals surface area contributed by atoms with E-state index in [-0.39, 0.29) is 0 Å². The van der Waals surface area contributed by atoms with Gasteiger partial charge in [0.05, 0.1) is 6.26 Å². The van der Waals surface area contributed by atoms with Crippen molar-refractivity contribution in [3.63, 3.8) is 0 Å². The van der Waals surface area contributed by atoms with Crippen molar-refractivity contribution in [3.8, 4) is 0 Å². The maximum atomic E-state index is 9.78. The quantitative estimate of drug-likeness (QED) is 0.783. The summed E-state index contributed by atoms with van der Waals surface area (Å²) < 4.78 is 5.14. The van der Waals surface area contributed by atoms with Gasteiger partial charge in [0.1, 0.15) is 11.9 Å². The molecular formula is C12H20N2O2. The zero-order chi connectivity index (χ0) is 11.4. The average molecular weight is 224 g/mol. The molecule has 0 saturated carbocycles. The van der Waals surface area contributed by atoms with Crippen LogP contribution in [0.25, 0.3) is 0 Å². The lowest BCUT2D eigenvalue weighted by Gasteiger charge is -2.20. The van der Waals surface area contributed by atoms with Gasteiger partial charge in [-0.25, -0.2) is 0 Å². The number of hydrogen-bond acceptors (Lipinski definition) is 4. The van der Waals surface area contributed by atoms with Crippen LogP contribution in [-0.2, 0) is 0 Å². The summed E-state index contributed by atoms with van der Waals surface area (Å²) in [5.74, 6) is 0.632. The lowest BCUT2D eigenvalue weighted by Crippen LogP contribution is -2.36. The van der Waals surface area contributed by atoms with Gasteiger partial charge >= 0.3 is 0 Å². The van der Waals surface area contributed by atoms with Crippen molar-refractivity contribution in [2.75, 3.05) is 26.7 Å². The summed E-state index contributed by atoms with van der Waals surface area (Å²) in [6.07, 6.45) is 3.58. The van der Waals surface area contributed by atoms with E-state index < -0.39 is 6.10 Å².